The number of rotatable bonds is 4. The lowest BCUT2D eigenvalue weighted by Crippen LogP contribution is -2.16. The van der Waals surface area contributed by atoms with Crippen LogP contribution < -0.4 is 4.90 Å². The van der Waals surface area contributed by atoms with Crippen molar-refractivity contribution in [2.45, 2.75) is 19.3 Å². The first kappa shape index (κ1) is 28.3. The summed E-state index contributed by atoms with van der Waals surface area (Å²) >= 11 is 1.89. The van der Waals surface area contributed by atoms with Crippen molar-refractivity contribution in [1.29, 1.82) is 0 Å². The van der Waals surface area contributed by atoms with Gasteiger partial charge in [0.15, 0.2) is 0 Å². The van der Waals surface area contributed by atoms with Crippen LogP contribution in [0, 0.1) is 0 Å². The van der Waals surface area contributed by atoms with Crippen molar-refractivity contribution in [3.63, 3.8) is 0 Å². The number of thiophene rings is 1. The Morgan fingerprint density at radius 1 is 0.490 bits per heavy atom. The Hall–Kier alpha value is -5.70. The fraction of sp³-hybridized carbons (Fsp3) is 0.0638. The molecule has 0 fully saturated rings. The fourth-order valence-corrected chi connectivity index (χ4v) is 9.40. The molecule has 1 aliphatic rings. The van der Waals surface area contributed by atoms with Gasteiger partial charge in [0.25, 0.3) is 0 Å². The van der Waals surface area contributed by atoms with Crippen molar-refractivity contribution in [2.75, 3.05) is 4.90 Å². The molecule has 1 aliphatic carbocycles. The third-order valence-corrected chi connectivity index (χ3v) is 11.7. The van der Waals surface area contributed by atoms with Gasteiger partial charge in [0.2, 0.25) is 0 Å². The summed E-state index contributed by atoms with van der Waals surface area (Å²) in [6.07, 6.45) is 0. The van der Waals surface area contributed by atoms with Gasteiger partial charge >= 0.3 is 0 Å². The minimum Gasteiger partial charge on any atom is -0.309 e. The number of benzene rings is 8. The monoisotopic (exact) mass is 643 g/mol. The van der Waals surface area contributed by atoms with E-state index in [0.29, 0.717) is 0 Å². The van der Waals surface area contributed by atoms with Gasteiger partial charge in [0.1, 0.15) is 0 Å². The standard InChI is InChI=1S/C47H33NS/c1-47(2)39-18-9-7-16-37(39)44-40(47)19-11-20-41(44)48(35-26-24-31(25-27-35)33-23-22-30-12-3-4-13-32(30)28-33)46-36-15-6-5-14-34(36)29-43-45(46)38-17-8-10-21-42(38)49-43/h3-29H,1-2H3. The predicted octanol–water partition coefficient (Wildman–Crippen LogP) is 13.8. The average Bonchev–Trinajstić information content (AvgIpc) is 3.63. The SMILES string of the molecule is CC1(C)c2ccccc2-c2c(N(c3ccc(-c4ccc5ccccc5c4)cc3)c3c4ccccc4cc4sc5ccccc5c34)cccc21. The van der Waals surface area contributed by atoms with Crippen LogP contribution in [0.4, 0.5) is 17.1 Å². The first-order valence-electron chi connectivity index (χ1n) is 17.0. The van der Waals surface area contributed by atoms with Crippen LogP contribution in [0.3, 0.4) is 0 Å². The van der Waals surface area contributed by atoms with Crippen molar-refractivity contribution in [2.24, 2.45) is 0 Å². The molecular weight excluding hydrogens is 611 g/mol. The van der Waals surface area contributed by atoms with Crippen molar-refractivity contribution in [3.05, 3.63) is 175 Å². The lowest BCUT2D eigenvalue weighted by molar-refractivity contribution is 0.660. The minimum atomic E-state index is -0.100. The number of hydrogen-bond donors (Lipinski definition) is 0. The second kappa shape index (κ2) is 10.7. The first-order valence-corrected chi connectivity index (χ1v) is 17.8. The van der Waals surface area contributed by atoms with E-state index in [1.807, 2.05) is 11.3 Å². The van der Waals surface area contributed by atoms with Crippen LogP contribution in [0.2, 0.25) is 0 Å². The molecule has 0 radical (unpaired) electrons. The number of fused-ring (bicyclic) bond motifs is 8. The highest BCUT2D eigenvalue weighted by Gasteiger charge is 2.38. The molecular formula is C47H33NS. The molecule has 1 aromatic heterocycles. The molecule has 10 rings (SSSR count). The van der Waals surface area contributed by atoms with Gasteiger partial charge in [-0.15, -0.1) is 11.3 Å². The van der Waals surface area contributed by atoms with E-state index in [2.05, 4.69) is 183 Å². The van der Waals surface area contributed by atoms with E-state index in [1.165, 1.54) is 86.5 Å². The molecule has 0 N–H and O–H groups in total. The molecule has 8 aromatic carbocycles. The normalized spacial score (nSPS) is 13.3. The minimum absolute atomic E-state index is 0.100. The predicted molar refractivity (Wildman–Crippen MR) is 212 cm³/mol. The highest BCUT2D eigenvalue weighted by molar-refractivity contribution is 7.26. The summed E-state index contributed by atoms with van der Waals surface area (Å²) in [7, 11) is 0. The third kappa shape index (κ3) is 4.24. The van der Waals surface area contributed by atoms with Gasteiger partial charge < -0.3 is 4.90 Å². The van der Waals surface area contributed by atoms with Crippen LogP contribution in [0.15, 0.2) is 164 Å². The lowest BCUT2D eigenvalue weighted by Gasteiger charge is -2.31. The van der Waals surface area contributed by atoms with Gasteiger partial charge in [-0.3, -0.25) is 0 Å². The molecule has 0 saturated carbocycles. The number of anilines is 3. The molecule has 0 spiro atoms. The van der Waals surface area contributed by atoms with Gasteiger partial charge in [-0.05, 0) is 80.4 Å². The smallest absolute Gasteiger partial charge is 0.0633 e. The molecule has 0 aliphatic heterocycles. The quantitative estimate of drug-likeness (QED) is 0.184. The van der Waals surface area contributed by atoms with Crippen LogP contribution >= 0.6 is 11.3 Å². The molecule has 2 heteroatoms. The Morgan fingerprint density at radius 2 is 1.16 bits per heavy atom. The van der Waals surface area contributed by atoms with E-state index in [-0.39, 0.29) is 5.41 Å². The van der Waals surface area contributed by atoms with E-state index < -0.39 is 0 Å². The van der Waals surface area contributed by atoms with Crippen LogP contribution in [0.1, 0.15) is 25.0 Å². The second-order valence-corrected chi connectivity index (χ2v) is 14.8. The maximum atomic E-state index is 2.56. The Kier molecular flexibility index (Phi) is 6.16. The molecule has 0 saturated heterocycles. The van der Waals surface area contributed by atoms with Crippen LogP contribution in [0.25, 0.3) is 64.0 Å². The maximum Gasteiger partial charge on any atom is 0.0633 e. The van der Waals surface area contributed by atoms with E-state index in [9.17, 15) is 0 Å². The van der Waals surface area contributed by atoms with Crippen LogP contribution in [-0.2, 0) is 5.41 Å². The zero-order chi connectivity index (χ0) is 32.7. The Labute approximate surface area is 290 Å². The Bertz CT molecular complexity index is 2750. The molecule has 9 aromatic rings. The molecule has 49 heavy (non-hydrogen) atoms. The van der Waals surface area contributed by atoms with Crippen LogP contribution in [-0.4, -0.2) is 0 Å². The van der Waals surface area contributed by atoms with E-state index >= 15 is 0 Å². The van der Waals surface area contributed by atoms with Gasteiger partial charge in [-0.1, -0.05) is 141 Å². The molecule has 0 bridgehead atoms. The Balaban J connectivity index is 1.28. The molecule has 232 valence electrons. The molecule has 0 atom stereocenters. The maximum absolute atomic E-state index is 2.56. The summed E-state index contributed by atoms with van der Waals surface area (Å²) in [6.45, 7) is 4.74. The van der Waals surface area contributed by atoms with Gasteiger partial charge in [0.05, 0.1) is 11.4 Å². The van der Waals surface area contributed by atoms with Gasteiger partial charge in [0, 0.05) is 42.2 Å². The van der Waals surface area contributed by atoms with E-state index in [0.717, 1.165) is 5.69 Å². The summed E-state index contributed by atoms with van der Waals surface area (Å²) in [4.78, 5) is 2.56. The zero-order valence-electron chi connectivity index (χ0n) is 27.4. The van der Waals surface area contributed by atoms with Crippen molar-refractivity contribution in [1.82, 2.24) is 0 Å². The average molecular weight is 644 g/mol. The molecule has 0 amide bonds. The summed E-state index contributed by atoms with van der Waals surface area (Å²) in [5, 5.41) is 7.63. The highest BCUT2D eigenvalue weighted by atomic mass is 32.1. The second-order valence-electron chi connectivity index (χ2n) is 13.7. The topological polar surface area (TPSA) is 3.24 Å². The summed E-state index contributed by atoms with van der Waals surface area (Å²) < 4.78 is 2.62. The first-order chi connectivity index (χ1) is 24.1. The largest absolute Gasteiger partial charge is 0.309 e. The zero-order valence-corrected chi connectivity index (χ0v) is 28.3. The molecule has 1 heterocycles. The molecule has 0 unspecified atom stereocenters. The lowest BCUT2D eigenvalue weighted by atomic mass is 9.82. The summed E-state index contributed by atoms with van der Waals surface area (Å²) in [5.41, 5.74) is 11.3. The number of hydrogen-bond acceptors (Lipinski definition) is 2. The summed E-state index contributed by atoms with van der Waals surface area (Å²) in [6, 6.07) is 60.7. The number of nitrogens with zero attached hydrogens (tertiary/aromatic N) is 1. The highest BCUT2D eigenvalue weighted by Crippen LogP contribution is 2.56. The molecule has 1 nitrogen and oxygen atoms in total. The van der Waals surface area contributed by atoms with Gasteiger partial charge in [-0.2, -0.15) is 0 Å². The van der Waals surface area contributed by atoms with Crippen molar-refractivity contribution < 1.29 is 0 Å². The van der Waals surface area contributed by atoms with E-state index in [1.54, 1.807) is 0 Å². The fourth-order valence-electron chi connectivity index (χ4n) is 8.24. The van der Waals surface area contributed by atoms with Crippen LogP contribution in [0.5, 0.6) is 0 Å². The third-order valence-electron chi connectivity index (χ3n) is 10.6. The van der Waals surface area contributed by atoms with Crippen molar-refractivity contribution in [3.8, 4) is 22.3 Å². The summed E-state index contributed by atoms with van der Waals surface area (Å²) in [5.74, 6) is 0. The van der Waals surface area contributed by atoms with E-state index in [4.69, 9.17) is 0 Å². The van der Waals surface area contributed by atoms with Gasteiger partial charge in [-0.25, -0.2) is 0 Å². The van der Waals surface area contributed by atoms with Crippen molar-refractivity contribution >= 4 is 70.1 Å². The Morgan fingerprint density at radius 3 is 2.02 bits per heavy atom.